The van der Waals surface area contributed by atoms with Gasteiger partial charge < -0.3 is 4.90 Å². The summed E-state index contributed by atoms with van der Waals surface area (Å²) < 4.78 is 0. The molecular weight excluding hydrogens is 258 g/mol. The number of hydrogen-bond donors (Lipinski definition) is 0. The minimum Gasteiger partial charge on any atom is -0.374 e. The van der Waals surface area contributed by atoms with Crippen LogP contribution in [0.1, 0.15) is 12.0 Å². The van der Waals surface area contributed by atoms with E-state index in [9.17, 15) is 0 Å². The van der Waals surface area contributed by atoms with E-state index >= 15 is 0 Å². The van der Waals surface area contributed by atoms with E-state index in [2.05, 4.69) is 47.8 Å². The summed E-state index contributed by atoms with van der Waals surface area (Å²) in [7, 11) is 2.08. The minimum absolute atomic E-state index is 0.858. The molecule has 3 nitrogen and oxygen atoms in total. The van der Waals surface area contributed by atoms with Crippen LogP contribution in [0.15, 0.2) is 71.4 Å². The summed E-state index contributed by atoms with van der Waals surface area (Å²) in [4.78, 5) is 2.20. The Morgan fingerprint density at radius 2 is 1.48 bits per heavy atom. The molecule has 0 aliphatic rings. The maximum atomic E-state index is 4.26. The fourth-order valence-corrected chi connectivity index (χ4v) is 1.91. The van der Waals surface area contributed by atoms with E-state index in [4.69, 9.17) is 0 Å². The highest BCUT2D eigenvalue weighted by Gasteiger charge is 1.99. The first-order chi connectivity index (χ1) is 10.2. The molecular formula is C18H21N3. The van der Waals surface area contributed by atoms with Crippen LogP contribution in [0.4, 0.5) is 17.1 Å². The molecule has 2 aromatic rings. The molecule has 0 saturated heterocycles. The van der Waals surface area contributed by atoms with Gasteiger partial charge in [0.05, 0.1) is 11.4 Å². The van der Waals surface area contributed by atoms with Gasteiger partial charge in [-0.15, -0.1) is 6.58 Å². The lowest BCUT2D eigenvalue weighted by atomic mass is 10.2. The van der Waals surface area contributed by atoms with Crippen molar-refractivity contribution < 1.29 is 0 Å². The number of hydrogen-bond acceptors (Lipinski definition) is 3. The number of nitrogens with zero attached hydrogens (tertiary/aromatic N) is 3. The molecule has 3 heteroatoms. The number of rotatable bonds is 6. The molecule has 0 aliphatic carbocycles. The first-order valence-corrected chi connectivity index (χ1v) is 7.09. The summed E-state index contributed by atoms with van der Waals surface area (Å²) in [5, 5.41) is 8.50. The van der Waals surface area contributed by atoms with Crippen LogP contribution in [0.3, 0.4) is 0 Å². The summed E-state index contributed by atoms with van der Waals surface area (Å²) >= 11 is 0. The fraction of sp³-hybridized carbons (Fsp3) is 0.222. The Morgan fingerprint density at radius 1 is 0.952 bits per heavy atom. The third kappa shape index (κ3) is 4.56. The second kappa shape index (κ2) is 7.39. The van der Waals surface area contributed by atoms with Gasteiger partial charge >= 0.3 is 0 Å². The zero-order chi connectivity index (χ0) is 15.1. The van der Waals surface area contributed by atoms with Crippen molar-refractivity contribution in [3.8, 4) is 0 Å². The fourth-order valence-electron chi connectivity index (χ4n) is 1.91. The van der Waals surface area contributed by atoms with Crippen LogP contribution in [0.5, 0.6) is 0 Å². The van der Waals surface area contributed by atoms with Gasteiger partial charge in [0, 0.05) is 19.3 Å². The second-order valence-electron chi connectivity index (χ2n) is 5.05. The van der Waals surface area contributed by atoms with Gasteiger partial charge in [-0.05, 0) is 49.7 Å². The van der Waals surface area contributed by atoms with Crippen LogP contribution in [0, 0.1) is 6.92 Å². The molecule has 21 heavy (non-hydrogen) atoms. The van der Waals surface area contributed by atoms with Gasteiger partial charge in [-0.25, -0.2) is 0 Å². The Labute approximate surface area is 126 Å². The molecule has 0 aliphatic heterocycles. The van der Waals surface area contributed by atoms with E-state index < -0.39 is 0 Å². The largest absolute Gasteiger partial charge is 0.374 e. The average molecular weight is 279 g/mol. The normalized spacial score (nSPS) is 10.8. The highest BCUT2D eigenvalue weighted by atomic mass is 15.1. The van der Waals surface area contributed by atoms with Gasteiger partial charge in [0.25, 0.3) is 0 Å². The summed E-state index contributed by atoms with van der Waals surface area (Å²) in [5.74, 6) is 0. The van der Waals surface area contributed by atoms with Crippen molar-refractivity contribution >= 4 is 17.1 Å². The van der Waals surface area contributed by atoms with Crippen molar-refractivity contribution in [2.75, 3.05) is 18.5 Å². The van der Waals surface area contributed by atoms with Gasteiger partial charge in [0.2, 0.25) is 0 Å². The van der Waals surface area contributed by atoms with Gasteiger partial charge in [-0.1, -0.05) is 23.8 Å². The zero-order valence-electron chi connectivity index (χ0n) is 12.7. The van der Waals surface area contributed by atoms with E-state index in [1.54, 1.807) is 0 Å². The predicted molar refractivity (Wildman–Crippen MR) is 89.9 cm³/mol. The van der Waals surface area contributed by atoms with Gasteiger partial charge in [-0.3, -0.25) is 0 Å². The summed E-state index contributed by atoms with van der Waals surface area (Å²) in [5.41, 5.74) is 4.12. The molecule has 0 spiro atoms. The Morgan fingerprint density at radius 3 is 2.00 bits per heavy atom. The topological polar surface area (TPSA) is 28.0 Å². The molecule has 0 radical (unpaired) electrons. The van der Waals surface area contributed by atoms with Crippen LogP contribution in [0.2, 0.25) is 0 Å². The van der Waals surface area contributed by atoms with Crippen molar-refractivity contribution in [3.05, 3.63) is 66.7 Å². The lowest BCUT2D eigenvalue weighted by Gasteiger charge is -2.18. The van der Waals surface area contributed by atoms with Crippen LogP contribution >= 0.6 is 0 Å². The molecule has 0 aromatic heterocycles. The van der Waals surface area contributed by atoms with Gasteiger partial charge in [0.15, 0.2) is 0 Å². The van der Waals surface area contributed by atoms with E-state index in [0.717, 1.165) is 24.3 Å². The lowest BCUT2D eigenvalue weighted by molar-refractivity contribution is 0.900. The quantitative estimate of drug-likeness (QED) is 0.512. The summed E-state index contributed by atoms with van der Waals surface area (Å²) in [6, 6.07) is 16.1. The lowest BCUT2D eigenvalue weighted by Crippen LogP contribution is -2.17. The SMILES string of the molecule is C=CCCN(C)c1ccc(/N=N/c2ccc(C)cc2)cc1. The van der Waals surface area contributed by atoms with Gasteiger partial charge in [0.1, 0.15) is 0 Å². The zero-order valence-corrected chi connectivity index (χ0v) is 12.7. The van der Waals surface area contributed by atoms with Crippen LogP contribution in [-0.4, -0.2) is 13.6 Å². The maximum absolute atomic E-state index is 4.26. The number of anilines is 1. The highest BCUT2D eigenvalue weighted by molar-refractivity contribution is 5.52. The smallest absolute Gasteiger partial charge is 0.0858 e. The number of azo groups is 1. The summed E-state index contributed by atoms with van der Waals surface area (Å²) in [6.07, 6.45) is 2.91. The molecule has 0 saturated carbocycles. The number of benzene rings is 2. The van der Waals surface area contributed by atoms with E-state index in [-0.39, 0.29) is 0 Å². The molecule has 0 bridgehead atoms. The standard InChI is InChI=1S/C18H21N3/c1-4-5-14-21(3)18-12-10-17(11-13-18)20-19-16-8-6-15(2)7-9-16/h4,6-13H,1,5,14H2,2-3H3/b20-19+. The third-order valence-electron chi connectivity index (χ3n) is 3.27. The number of aryl methyl sites for hydroxylation is 1. The van der Waals surface area contributed by atoms with E-state index in [1.807, 2.05) is 42.5 Å². The van der Waals surface area contributed by atoms with E-state index in [1.165, 1.54) is 11.3 Å². The molecule has 2 aromatic carbocycles. The van der Waals surface area contributed by atoms with Gasteiger partial charge in [-0.2, -0.15) is 10.2 Å². The Balaban J connectivity index is 2.01. The van der Waals surface area contributed by atoms with E-state index in [0.29, 0.717) is 0 Å². The predicted octanol–water partition coefficient (Wildman–Crippen LogP) is 5.42. The van der Waals surface area contributed by atoms with Crippen LogP contribution < -0.4 is 4.90 Å². The minimum atomic E-state index is 0.858. The molecule has 0 fully saturated rings. The van der Waals surface area contributed by atoms with Crippen molar-refractivity contribution in [2.45, 2.75) is 13.3 Å². The molecule has 2 rings (SSSR count). The highest BCUT2D eigenvalue weighted by Crippen LogP contribution is 2.22. The Kier molecular flexibility index (Phi) is 5.27. The first-order valence-electron chi connectivity index (χ1n) is 7.09. The molecule has 0 amide bonds. The molecule has 0 heterocycles. The molecule has 0 N–H and O–H groups in total. The first kappa shape index (κ1) is 15.0. The third-order valence-corrected chi connectivity index (χ3v) is 3.27. The Bertz CT molecular complexity index is 597. The second-order valence-corrected chi connectivity index (χ2v) is 5.05. The van der Waals surface area contributed by atoms with Crippen molar-refractivity contribution in [3.63, 3.8) is 0 Å². The van der Waals surface area contributed by atoms with Crippen molar-refractivity contribution in [2.24, 2.45) is 10.2 Å². The molecule has 108 valence electrons. The van der Waals surface area contributed by atoms with Crippen molar-refractivity contribution in [1.82, 2.24) is 0 Å². The van der Waals surface area contributed by atoms with Crippen LogP contribution in [0.25, 0.3) is 0 Å². The van der Waals surface area contributed by atoms with Crippen LogP contribution in [-0.2, 0) is 0 Å². The Hall–Kier alpha value is -2.42. The maximum Gasteiger partial charge on any atom is 0.0858 e. The molecule has 0 unspecified atom stereocenters. The van der Waals surface area contributed by atoms with Crippen molar-refractivity contribution in [1.29, 1.82) is 0 Å². The molecule has 0 atom stereocenters. The average Bonchev–Trinajstić information content (AvgIpc) is 2.52. The monoisotopic (exact) mass is 279 g/mol. The summed E-state index contributed by atoms with van der Waals surface area (Å²) in [6.45, 7) is 6.77.